The van der Waals surface area contributed by atoms with Crippen molar-refractivity contribution < 1.29 is 18.3 Å². The van der Waals surface area contributed by atoms with E-state index >= 15 is 0 Å². The molecule has 1 heterocycles. The number of nitrogens with one attached hydrogen (secondary N) is 1. The van der Waals surface area contributed by atoms with Crippen molar-refractivity contribution in [1.82, 2.24) is 9.62 Å². The molecule has 0 bridgehead atoms. The normalized spacial score (nSPS) is 22.2. The summed E-state index contributed by atoms with van der Waals surface area (Å²) in [7, 11) is -3.49. The molecule has 0 aromatic heterocycles. The highest BCUT2D eigenvalue weighted by atomic mass is 32.2. The van der Waals surface area contributed by atoms with Gasteiger partial charge in [0.2, 0.25) is 10.0 Å². The highest BCUT2D eigenvalue weighted by Crippen LogP contribution is 2.28. The first-order valence-corrected chi connectivity index (χ1v) is 11.5. The van der Waals surface area contributed by atoms with Gasteiger partial charge in [0.05, 0.1) is 10.5 Å². The van der Waals surface area contributed by atoms with Crippen molar-refractivity contribution in [3.05, 3.63) is 65.2 Å². The minimum Gasteiger partial charge on any atom is -0.388 e. The summed E-state index contributed by atoms with van der Waals surface area (Å²) in [4.78, 5) is 12.7. The molecule has 0 radical (unpaired) electrons. The number of sulfonamides is 1. The second-order valence-corrected chi connectivity index (χ2v) is 9.93. The fraction of sp³-hybridized carbons (Fsp3) is 0.409. The highest BCUT2D eigenvalue weighted by Gasteiger charge is 2.32. The average Bonchev–Trinajstić information content (AvgIpc) is 3.28. The first-order valence-electron chi connectivity index (χ1n) is 10.1. The largest absolute Gasteiger partial charge is 0.388 e. The Morgan fingerprint density at radius 2 is 1.69 bits per heavy atom. The Bertz CT molecular complexity index is 998. The third kappa shape index (κ3) is 4.22. The van der Waals surface area contributed by atoms with Gasteiger partial charge in [0.25, 0.3) is 5.91 Å². The maximum atomic E-state index is 12.6. The molecule has 0 saturated carbocycles. The van der Waals surface area contributed by atoms with E-state index in [0.717, 1.165) is 24.8 Å². The van der Waals surface area contributed by atoms with Crippen LogP contribution in [0, 0.1) is 0 Å². The number of carbonyl (C=O) groups is 1. The first-order chi connectivity index (χ1) is 13.9. The van der Waals surface area contributed by atoms with E-state index in [4.69, 9.17) is 0 Å². The van der Waals surface area contributed by atoms with Crippen LogP contribution >= 0.6 is 0 Å². The molecule has 4 rings (SSSR count). The highest BCUT2D eigenvalue weighted by molar-refractivity contribution is 7.89. The van der Waals surface area contributed by atoms with Crippen LogP contribution in [0.4, 0.5) is 0 Å². The molecule has 1 fully saturated rings. The molecule has 2 aliphatic rings. The van der Waals surface area contributed by atoms with Gasteiger partial charge in [-0.05, 0) is 61.1 Å². The van der Waals surface area contributed by atoms with Crippen molar-refractivity contribution in [3.8, 4) is 0 Å². The lowest BCUT2D eigenvalue weighted by atomic mass is 9.80. The number of nitrogens with zero attached hydrogens (tertiary/aromatic N) is 1. The fourth-order valence-electron chi connectivity index (χ4n) is 4.14. The Labute approximate surface area is 171 Å². The maximum Gasteiger partial charge on any atom is 0.251 e. The molecular formula is C22H26N2O4S. The van der Waals surface area contributed by atoms with Crippen molar-refractivity contribution in [2.45, 2.75) is 42.6 Å². The van der Waals surface area contributed by atoms with Gasteiger partial charge < -0.3 is 10.4 Å². The Morgan fingerprint density at radius 1 is 1.03 bits per heavy atom. The van der Waals surface area contributed by atoms with E-state index in [1.54, 1.807) is 0 Å². The van der Waals surface area contributed by atoms with Crippen LogP contribution < -0.4 is 5.32 Å². The van der Waals surface area contributed by atoms with Crippen LogP contribution in [0.3, 0.4) is 0 Å². The molecule has 1 aliphatic heterocycles. The number of carbonyl (C=O) groups excluding carboxylic acids is 1. The number of aliphatic hydroxyl groups is 1. The van der Waals surface area contributed by atoms with Crippen LogP contribution in [0.25, 0.3) is 0 Å². The molecule has 2 N–H and O–H groups in total. The number of hydrogen-bond donors (Lipinski definition) is 2. The molecule has 1 aliphatic carbocycles. The summed E-state index contributed by atoms with van der Waals surface area (Å²) in [5.74, 6) is -0.317. The summed E-state index contributed by atoms with van der Waals surface area (Å²) in [6, 6.07) is 14.1. The van der Waals surface area contributed by atoms with Crippen molar-refractivity contribution >= 4 is 15.9 Å². The molecule has 2 aromatic carbocycles. The number of hydrogen-bond acceptors (Lipinski definition) is 4. The SMILES string of the molecule is O=C(NCC1(O)CCc2ccccc2C1)c1ccc(S(=O)(=O)N2CCCC2)cc1. The monoisotopic (exact) mass is 414 g/mol. The van der Waals surface area contributed by atoms with E-state index in [1.165, 1.54) is 34.1 Å². The lowest BCUT2D eigenvalue weighted by Gasteiger charge is -2.33. The Balaban J connectivity index is 1.39. The molecule has 6 nitrogen and oxygen atoms in total. The summed E-state index contributed by atoms with van der Waals surface area (Å²) >= 11 is 0. The summed E-state index contributed by atoms with van der Waals surface area (Å²) in [6.45, 7) is 1.26. The molecule has 1 atom stereocenters. The van der Waals surface area contributed by atoms with Crippen molar-refractivity contribution in [2.24, 2.45) is 0 Å². The number of fused-ring (bicyclic) bond motifs is 1. The number of benzene rings is 2. The standard InChI is InChI=1S/C22H26N2O4S/c25-21(23-16-22(26)12-11-17-5-1-2-6-19(17)15-22)18-7-9-20(10-8-18)29(27,28)24-13-3-4-14-24/h1-2,5-10,26H,3-4,11-16H2,(H,23,25). The summed E-state index contributed by atoms with van der Waals surface area (Å²) in [6.07, 6.45) is 3.65. The molecule has 7 heteroatoms. The van der Waals surface area contributed by atoms with Gasteiger partial charge >= 0.3 is 0 Å². The van der Waals surface area contributed by atoms with E-state index < -0.39 is 15.6 Å². The molecule has 0 spiro atoms. The molecular weight excluding hydrogens is 388 g/mol. The second kappa shape index (κ2) is 7.89. The first kappa shape index (κ1) is 20.1. The third-order valence-electron chi connectivity index (χ3n) is 5.89. The topological polar surface area (TPSA) is 86.7 Å². The number of amides is 1. The summed E-state index contributed by atoms with van der Waals surface area (Å²) in [5, 5.41) is 13.7. The van der Waals surface area contributed by atoms with Crippen molar-refractivity contribution in [3.63, 3.8) is 0 Å². The molecule has 29 heavy (non-hydrogen) atoms. The second-order valence-electron chi connectivity index (χ2n) is 7.99. The predicted octanol–water partition coefficient (Wildman–Crippen LogP) is 2.12. The van der Waals surface area contributed by atoms with Gasteiger partial charge in [0.1, 0.15) is 0 Å². The van der Waals surface area contributed by atoms with Gasteiger partial charge in [0, 0.05) is 31.6 Å². The minimum absolute atomic E-state index is 0.161. The predicted molar refractivity (Wildman–Crippen MR) is 110 cm³/mol. The molecule has 1 amide bonds. The molecule has 1 unspecified atom stereocenters. The van der Waals surface area contributed by atoms with E-state index in [-0.39, 0.29) is 17.3 Å². The zero-order valence-electron chi connectivity index (χ0n) is 16.3. The number of rotatable bonds is 5. The lowest BCUT2D eigenvalue weighted by molar-refractivity contribution is 0.0260. The van der Waals surface area contributed by atoms with Gasteiger partial charge in [-0.3, -0.25) is 4.79 Å². The van der Waals surface area contributed by atoms with Crippen LogP contribution in [0.15, 0.2) is 53.4 Å². The molecule has 2 aromatic rings. The van der Waals surface area contributed by atoms with Crippen LogP contribution in [0.2, 0.25) is 0 Å². The summed E-state index contributed by atoms with van der Waals surface area (Å²) < 4.78 is 26.7. The molecule has 154 valence electrons. The molecule has 1 saturated heterocycles. The van der Waals surface area contributed by atoms with Crippen LogP contribution in [0.5, 0.6) is 0 Å². The summed E-state index contributed by atoms with van der Waals surface area (Å²) in [5.41, 5.74) is 1.78. The van der Waals surface area contributed by atoms with Crippen LogP contribution in [0.1, 0.15) is 40.7 Å². The van der Waals surface area contributed by atoms with Gasteiger partial charge in [-0.15, -0.1) is 0 Å². The average molecular weight is 415 g/mol. The zero-order valence-corrected chi connectivity index (χ0v) is 17.1. The minimum atomic E-state index is -3.49. The van der Waals surface area contributed by atoms with E-state index in [9.17, 15) is 18.3 Å². The van der Waals surface area contributed by atoms with Crippen molar-refractivity contribution in [2.75, 3.05) is 19.6 Å². The Morgan fingerprint density at radius 3 is 2.38 bits per heavy atom. The maximum absolute atomic E-state index is 12.6. The van der Waals surface area contributed by atoms with Crippen LogP contribution in [-0.4, -0.2) is 49.0 Å². The van der Waals surface area contributed by atoms with E-state index in [1.807, 2.05) is 18.2 Å². The number of aryl methyl sites for hydroxylation is 1. The third-order valence-corrected chi connectivity index (χ3v) is 7.81. The van der Waals surface area contributed by atoms with Gasteiger partial charge in [-0.25, -0.2) is 8.42 Å². The zero-order chi connectivity index (χ0) is 20.5. The lowest BCUT2D eigenvalue weighted by Crippen LogP contribution is -2.46. The van der Waals surface area contributed by atoms with Gasteiger partial charge in [-0.2, -0.15) is 4.31 Å². The van der Waals surface area contributed by atoms with E-state index in [0.29, 0.717) is 31.5 Å². The Hall–Kier alpha value is -2.22. The van der Waals surface area contributed by atoms with E-state index in [2.05, 4.69) is 11.4 Å². The van der Waals surface area contributed by atoms with Crippen molar-refractivity contribution in [1.29, 1.82) is 0 Å². The quantitative estimate of drug-likeness (QED) is 0.785. The van der Waals surface area contributed by atoms with Crippen LogP contribution in [-0.2, 0) is 22.9 Å². The fourth-order valence-corrected chi connectivity index (χ4v) is 5.65. The van der Waals surface area contributed by atoms with Gasteiger partial charge in [-0.1, -0.05) is 24.3 Å². The Kier molecular flexibility index (Phi) is 5.46. The van der Waals surface area contributed by atoms with Gasteiger partial charge in [0.15, 0.2) is 0 Å². The smallest absolute Gasteiger partial charge is 0.251 e.